The van der Waals surface area contributed by atoms with Gasteiger partial charge in [0, 0.05) is 21.8 Å². The quantitative estimate of drug-likeness (QED) is 0.372. The average molecular weight is 430 g/mol. The zero-order valence-corrected chi connectivity index (χ0v) is 17.7. The molecular weight excluding hydrogens is 409 g/mol. The van der Waals surface area contributed by atoms with Gasteiger partial charge in [-0.15, -0.1) is 0 Å². The fourth-order valence-electron chi connectivity index (χ4n) is 2.62. The largest absolute Gasteiger partial charge is 0.494 e. The molecule has 0 aliphatic carbocycles. The van der Waals surface area contributed by atoms with Crippen LogP contribution in [0.4, 0.5) is 5.69 Å². The molecule has 3 aromatic rings. The van der Waals surface area contributed by atoms with E-state index in [9.17, 15) is 0 Å². The molecule has 0 aromatic heterocycles. The van der Waals surface area contributed by atoms with Gasteiger partial charge in [0.05, 0.1) is 19.4 Å². The fraction of sp³-hybridized carbons (Fsp3) is 0.174. The van der Waals surface area contributed by atoms with Gasteiger partial charge in [-0.3, -0.25) is 4.99 Å². The Morgan fingerprint density at radius 2 is 1.69 bits per heavy atom. The molecule has 3 aromatic carbocycles. The van der Waals surface area contributed by atoms with Crippen LogP contribution in [0.3, 0.4) is 0 Å². The van der Waals surface area contributed by atoms with Crippen LogP contribution in [-0.2, 0) is 6.61 Å². The first kappa shape index (κ1) is 21.0. The van der Waals surface area contributed by atoms with Crippen LogP contribution in [0, 0.1) is 0 Å². The van der Waals surface area contributed by atoms with Crippen LogP contribution in [0.15, 0.2) is 65.7 Å². The number of hydrogen-bond donors (Lipinski definition) is 0. The summed E-state index contributed by atoms with van der Waals surface area (Å²) in [7, 11) is 1.60. The van der Waals surface area contributed by atoms with Gasteiger partial charge >= 0.3 is 0 Å². The molecule has 0 aliphatic rings. The summed E-state index contributed by atoms with van der Waals surface area (Å²) in [4.78, 5) is 4.49. The molecule has 0 spiro atoms. The second kappa shape index (κ2) is 10.2. The predicted octanol–water partition coefficient (Wildman–Crippen LogP) is 6.73. The van der Waals surface area contributed by atoms with Gasteiger partial charge in [0.1, 0.15) is 12.4 Å². The lowest BCUT2D eigenvalue weighted by atomic mass is 10.2. The van der Waals surface area contributed by atoms with Gasteiger partial charge in [0.2, 0.25) is 0 Å². The summed E-state index contributed by atoms with van der Waals surface area (Å²) >= 11 is 12.1. The standard InChI is InChI=1S/C23H21Cl2NO3/c1-3-28-20-9-7-19(8-10-20)26-14-16-4-11-22(23(12-16)27-2)29-15-17-5-6-18(24)13-21(17)25/h4-14H,3,15H2,1-2H3. The number of nitrogens with zero attached hydrogens (tertiary/aromatic N) is 1. The first-order chi connectivity index (χ1) is 14.1. The van der Waals surface area contributed by atoms with E-state index in [-0.39, 0.29) is 0 Å². The Bertz CT molecular complexity index is 988. The summed E-state index contributed by atoms with van der Waals surface area (Å²) in [6.45, 7) is 2.91. The third kappa shape index (κ3) is 5.89. The van der Waals surface area contributed by atoms with Gasteiger partial charge in [-0.1, -0.05) is 29.3 Å². The molecule has 150 valence electrons. The zero-order chi connectivity index (χ0) is 20.6. The highest BCUT2D eigenvalue weighted by atomic mass is 35.5. The molecule has 0 bridgehead atoms. The van der Waals surface area contributed by atoms with Crippen LogP contribution in [0.25, 0.3) is 0 Å². The van der Waals surface area contributed by atoms with Crippen LogP contribution in [0.1, 0.15) is 18.1 Å². The molecule has 0 amide bonds. The molecule has 0 aliphatic heterocycles. The predicted molar refractivity (Wildman–Crippen MR) is 119 cm³/mol. The highest BCUT2D eigenvalue weighted by Gasteiger charge is 2.08. The van der Waals surface area contributed by atoms with E-state index in [2.05, 4.69) is 4.99 Å². The SMILES string of the molecule is CCOc1ccc(N=Cc2ccc(OCc3ccc(Cl)cc3Cl)c(OC)c2)cc1. The van der Waals surface area contributed by atoms with Crippen molar-refractivity contribution in [3.8, 4) is 17.2 Å². The lowest BCUT2D eigenvalue weighted by Crippen LogP contribution is -1.99. The second-order valence-electron chi connectivity index (χ2n) is 6.12. The maximum absolute atomic E-state index is 6.20. The van der Waals surface area contributed by atoms with Crippen molar-refractivity contribution < 1.29 is 14.2 Å². The summed E-state index contributed by atoms with van der Waals surface area (Å²) < 4.78 is 16.8. The Hall–Kier alpha value is -2.69. The summed E-state index contributed by atoms with van der Waals surface area (Å²) in [6.07, 6.45) is 1.78. The van der Waals surface area contributed by atoms with E-state index in [4.69, 9.17) is 37.4 Å². The number of rotatable bonds is 8. The molecule has 0 fully saturated rings. The van der Waals surface area contributed by atoms with Crippen molar-refractivity contribution in [2.24, 2.45) is 4.99 Å². The maximum atomic E-state index is 6.20. The van der Waals surface area contributed by atoms with Gasteiger partial charge in [0.15, 0.2) is 11.5 Å². The molecular formula is C23H21Cl2NO3. The van der Waals surface area contributed by atoms with Gasteiger partial charge < -0.3 is 14.2 Å². The van der Waals surface area contributed by atoms with Crippen molar-refractivity contribution in [1.82, 2.24) is 0 Å². The number of methoxy groups -OCH3 is 1. The van der Waals surface area contributed by atoms with Gasteiger partial charge in [-0.2, -0.15) is 0 Å². The van der Waals surface area contributed by atoms with Gasteiger partial charge in [0.25, 0.3) is 0 Å². The van der Waals surface area contributed by atoms with Crippen molar-refractivity contribution in [3.63, 3.8) is 0 Å². The Kier molecular flexibility index (Phi) is 7.39. The first-order valence-electron chi connectivity index (χ1n) is 9.10. The third-order valence-electron chi connectivity index (χ3n) is 4.10. The Morgan fingerprint density at radius 1 is 0.897 bits per heavy atom. The third-order valence-corrected chi connectivity index (χ3v) is 4.68. The Morgan fingerprint density at radius 3 is 2.38 bits per heavy atom. The van der Waals surface area contributed by atoms with E-state index in [1.165, 1.54) is 0 Å². The molecule has 0 atom stereocenters. The number of aliphatic imine (C=N–C) groups is 1. The molecule has 0 saturated heterocycles. The van der Waals surface area contributed by atoms with Crippen molar-refractivity contribution in [1.29, 1.82) is 0 Å². The number of hydrogen-bond acceptors (Lipinski definition) is 4. The van der Waals surface area contributed by atoms with E-state index in [0.29, 0.717) is 34.8 Å². The van der Waals surface area contributed by atoms with Crippen molar-refractivity contribution in [2.75, 3.05) is 13.7 Å². The second-order valence-corrected chi connectivity index (χ2v) is 6.96. The van der Waals surface area contributed by atoms with E-state index >= 15 is 0 Å². The van der Waals surface area contributed by atoms with Crippen LogP contribution in [-0.4, -0.2) is 19.9 Å². The summed E-state index contributed by atoms with van der Waals surface area (Å²) in [5, 5.41) is 1.16. The normalized spacial score (nSPS) is 10.9. The Balaban J connectivity index is 1.69. The van der Waals surface area contributed by atoms with Gasteiger partial charge in [-0.25, -0.2) is 0 Å². The van der Waals surface area contributed by atoms with Crippen molar-refractivity contribution in [3.05, 3.63) is 81.8 Å². The smallest absolute Gasteiger partial charge is 0.161 e. The lowest BCUT2D eigenvalue weighted by Gasteiger charge is -2.12. The van der Waals surface area contributed by atoms with E-state index in [1.54, 1.807) is 25.5 Å². The zero-order valence-electron chi connectivity index (χ0n) is 16.2. The van der Waals surface area contributed by atoms with E-state index in [0.717, 1.165) is 22.6 Å². The van der Waals surface area contributed by atoms with Crippen LogP contribution < -0.4 is 14.2 Å². The molecule has 0 heterocycles. The molecule has 0 radical (unpaired) electrons. The number of benzene rings is 3. The topological polar surface area (TPSA) is 40.0 Å². The minimum atomic E-state index is 0.311. The highest BCUT2D eigenvalue weighted by Crippen LogP contribution is 2.30. The highest BCUT2D eigenvalue weighted by molar-refractivity contribution is 6.35. The first-order valence-corrected chi connectivity index (χ1v) is 9.86. The molecule has 3 rings (SSSR count). The molecule has 0 unspecified atom stereocenters. The molecule has 6 heteroatoms. The summed E-state index contributed by atoms with van der Waals surface area (Å²) in [5.41, 5.74) is 2.58. The summed E-state index contributed by atoms with van der Waals surface area (Å²) in [6, 6.07) is 18.6. The average Bonchev–Trinajstić information content (AvgIpc) is 2.73. The number of halogens is 2. The monoisotopic (exact) mass is 429 g/mol. The maximum Gasteiger partial charge on any atom is 0.161 e. The van der Waals surface area contributed by atoms with Crippen LogP contribution in [0.2, 0.25) is 10.0 Å². The van der Waals surface area contributed by atoms with Crippen molar-refractivity contribution >= 4 is 35.1 Å². The van der Waals surface area contributed by atoms with Crippen molar-refractivity contribution in [2.45, 2.75) is 13.5 Å². The molecule has 0 saturated carbocycles. The molecule has 29 heavy (non-hydrogen) atoms. The van der Waals surface area contributed by atoms with Crippen LogP contribution >= 0.6 is 23.2 Å². The Labute approximate surface area is 180 Å². The molecule has 0 N–H and O–H groups in total. The minimum Gasteiger partial charge on any atom is -0.494 e. The van der Waals surface area contributed by atoms with Crippen LogP contribution in [0.5, 0.6) is 17.2 Å². The van der Waals surface area contributed by atoms with Gasteiger partial charge in [-0.05, 0) is 67.1 Å². The summed E-state index contributed by atoms with van der Waals surface area (Å²) in [5.74, 6) is 2.07. The minimum absolute atomic E-state index is 0.311. The lowest BCUT2D eigenvalue weighted by molar-refractivity contribution is 0.284. The molecule has 4 nitrogen and oxygen atoms in total. The van der Waals surface area contributed by atoms with E-state index in [1.807, 2.05) is 55.5 Å². The number of ether oxygens (including phenoxy) is 3. The van der Waals surface area contributed by atoms with E-state index < -0.39 is 0 Å². The fourth-order valence-corrected chi connectivity index (χ4v) is 3.09.